The molecule has 4 heteroatoms. The summed E-state index contributed by atoms with van der Waals surface area (Å²) in [6, 6.07) is 5.73. The number of hydrogen-bond acceptors (Lipinski definition) is 3. The van der Waals surface area contributed by atoms with Crippen molar-refractivity contribution in [3.05, 3.63) is 34.9 Å². The molecule has 4 nitrogen and oxygen atoms in total. The van der Waals surface area contributed by atoms with Crippen LogP contribution in [0.2, 0.25) is 0 Å². The van der Waals surface area contributed by atoms with Gasteiger partial charge in [0.05, 0.1) is 6.42 Å². The number of nitrogens with zero attached hydrogens (tertiary/aromatic N) is 1. The van der Waals surface area contributed by atoms with Crippen molar-refractivity contribution >= 4 is 11.8 Å². The van der Waals surface area contributed by atoms with Crippen LogP contribution < -0.4 is 0 Å². The van der Waals surface area contributed by atoms with E-state index in [1.807, 2.05) is 32.0 Å². The molecule has 1 fully saturated rings. The second-order valence-electron chi connectivity index (χ2n) is 6.98. The summed E-state index contributed by atoms with van der Waals surface area (Å²) in [6.07, 6.45) is 2.24. The van der Waals surface area contributed by atoms with Crippen LogP contribution >= 0.6 is 0 Å². The topological polar surface area (TPSA) is 57.6 Å². The molecule has 0 aromatic heterocycles. The monoisotopic (exact) mass is 317 g/mol. The highest BCUT2D eigenvalue weighted by Crippen LogP contribution is 2.22. The summed E-state index contributed by atoms with van der Waals surface area (Å²) in [5.41, 5.74) is 2.70. The fourth-order valence-electron chi connectivity index (χ4n) is 3.53. The largest absolute Gasteiger partial charge is 0.481 e. The van der Waals surface area contributed by atoms with Crippen molar-refractivity contribution in [1.29, 1.82) is 0 Å². The first-order chi connectivity index (χ1) is 10.9. The van der Waals surface area contributed by atoms with Gasteiger partial charge >= 0.3 is 5.97 Å². The second kappa shape index (κ2) is 7.73. The van der Waals surface area contributed by atoms with Gasteiger partial charge < -0.3 is 10.0 Å². The Balaban J connectivity index is 2.16. The number of rotatable bonds is 6. The summed E-state index contributed by atoms with van der Waals surface area (Å²) in [7, 11) is 0. The Hall–Kier alpha value is -1.68. The molecule has 1 N–H and O–H groups in total. The maximum Gasteiger partial charge on any atom is 0.304 e. The summed E-state index contributed by atoms with van der Waals surface area (Å²) in [5, 5.41) is 9.20. The summed E-state index contributed by atoms with van der Waals surface area (Å²) >= 11 is 0. The molecule has 0 aliphatic carbocycles. The van der Waals surface area contributed by atoms with Crippen LogP contribution in [0.15, 0.2) is 18.2 Å². The number of benzene rings is 1. The van der Waals surface area contributed by atoms with Gasteiger partial charge in [0.15, 0.2) is 5.78 Å². The minimum Gasteiger partial charge on any atom is -0.481 e. The van der Waals surface area contributed by atoms with Crippen molar-refractivity contribution in [2.24, 2.45) is 11.8 Å². The lowest BCUT2D eigenvalue weighted by atomic mass is 9.90. The van der Waals surface area contributed by atoms with Crippen molar-refractivity contribution in [3.63, 3.8) is 0 Å². The molecule has 0 amide bonds. The second-order valence-corrected chi connectivity index (χ2v) is 6.98. The van der Waals surface area contributed by atoms with Gasteiger partial charge in [-0.3, -0.25) is 9.59 Å². The van der Waals surface area contributed by atoms with Gasteiger partial charge in [0.25, 0.3) is 0 Å². The van der Waals surface area contributed by atoms with Crippen LogP contribution in [0.4, 0.5) is 0 Å². The minimum atomic E-state index is -0.904. The predicted molar refractivity (Wildman–Crippen MR) is 90.8 cm³/mol. The summed E-state index contributed by atoms with van der Waals surface area (Å²) < 4.78 is 0. The zero-order chi connectivity index (χ0) is 17.0. The van der Waals surface area contributed by atoms with E-state index in [0.717, 1.165) is 30.6 Å². The van der Waals surface area contributed by atoms with Crippen LogP contribution in [-0.2, 0) is 4.79 Å². The van der Waals surface area contributed by atoms with Gasteiger partial charge in [-0.15, -0.1) is 0 Å². The van der Waals surface area contributed by atoms with Crippen molar-refractivity contribution in [2.75, 3.05) is 19.6 Å². The Kier molecular flexibility index (Phi) is 5.94. The molecule has 2 rings (SSSR count). The van der Waals surface area contributed by atoms with Crippen LogP contribution in [0, 0.1) is 25.7 Å². The Labute approximate surface area is 138 Å². The van der Waals surface area contributed by atoms with Crippen molar-refractivity contribution in [2.45, 2.75) is 40.0 Å². The van der Waals surface area contributed by atoms with Crippen LogP contribution in [-0.4, -0.2) is 41.4 Å². The van der Waals surface area contributed by atoms with E-state index in [4.69, 9.17) is 0 Å². The number of carbonyl (C=O) groups is 2. The van der Waals surface area contributed by atoms with E-state index in [1.54, 1.807) is 0 Å². The molecule has 0 radical (unpaired) electrons. The molecule has 1 aromatic carbocycles. The molecule has 1 aliphatic heterocycles. The summed E-state index contributed by atoms with van der Waals surface area (Å²) in [4.78, 5) is 26.4. The van der Waals surface area contributed by atoms with Crippen LogP contribution in [0.25, 0.3) is 0 Å². The fourth-order valence-corrected chi connectivity index (χ4v) is 3.53. The van der Waals surface area contributed by atoms with Gasteiger partial charge in [-0.1, -0.05) is 30.7 Å². The maximum absolute atomic E-state index is 12.9. The van der Waals surface area contributed by atoms with Crippen LogP contribution in [0.3, 0.4) is 0 Å². The van der Waals surface area contributed by atoms with Gasteiger partial charge in [0.2, 0.25) is 0 Å². The number of ketones is 1. The number of carboxylic acid groups (broad SMARTS) is 1. The van der Waals surface area contributed by atoms with E-state index < -0.39 is 11.9 Å². The number of aryl methyl sites for hydroxylation is 2. The molecular weight excluding hydrogens is 290 g/mol. The van der Waals surface area contributed by atoms with Crippen molar-refractivity contribution in [3.8, 4) is 0 Å². The zero-order valence-electron chi connectivity index (χ0n) is 14.3. The Bertz CT molecular complexity index is 582. The normalized spacial score (nSPS) is 20.2. The molecule has 1 heterocycles. The first kappa shape index (κ1) is 17.7. The van der Waals surface area contributed by atoms with E-state index in [0.29, 0.717) is 18.0 Å². The SMILES string of the molecule is Cc1ccc(C(=O)C(CC(=O)O)CN2CCCC(C)C2)c(C)c1. The lowest BCUT2D eigenvalue weighted by Gasteiger charge is -2.33. The van der Waals surface area contributed by atoms with Gasteiger partial charge in [-0.2, -0.15) is 0 Å². The van der Waals surface area contributed by atoms with E-state index in [9.17, 15) is 14.7 Å². The van der Waals surface area contributed by atoms with Gasteiger partial charge in [0, 0.05) is 24.6 Å². The van der Waals surface area contributed by atoms with Crippen LogP contribution in [0.1, 0.15) is 47.7 Å². The predicted octanol–water partition coefficient (Wildman–Crippen LogP) is 3.31. The molecule has 126 valence electrons. The smallest absolute Gasteiger partial charge is 0.304 e. The first-order valence-corrected chi connectivity index (χ1v) is 8.42. The van der Waals surface area contributed by atoms with E-state index in [2.05, 4.69) is 11.8 Å². The number of aliphatic carboxylic acids is 1. The third-order valence-electron chi connectivity index (χ3n) is 4.66. The Morgan fingerprint density at radius 1 is 1.35 bits per heavy atom. The van der Waals surface area contributed by atoms with Gasteiger partial charge in [-0.25, -0.2) is 0 Å². The van der Waals surface area contributed by atoms with Crippen molar-refractivity contribution in [1.82, 2.24) is 4.90 Å². The highest BCUT2D eigenvalue weighted by molar-refractivity contribution is 6.00. The van der Waals surface area contributed by atoms with Crippen LogP contribution in [0.5, 0.6) is 0 Å². The lowest BCUT2D eigenvalue weighted by Crippen LogP contribution is -2.40. The van der Waals surface area contributed by atoms with Gasteiger partial charge in [-0.05, 0) is 44.7 Å². The van der Waals surface area contributed by atoms with E-state index in [1.165, 1.54) is 6.42 Å². The molecule has 2 unspecified atom stereocenters. The maximum atomic E-state index is 12.9. The average Bonchev–Trinajstić information content (AvgIpc) is 2.45. The number of piperidine rings is 1. The van der Waals surface area contributed by atoms with E-state index >= 15 is 0 Å². The highest BCUT2D eigenvalue weighted by atomic mass is 16.4. The molecule has 1 aliphatic rings. The number of carboxylic acids is 1. The minimum absolute atomic E-state index is 0.0388. The van der Waals surface area contributed by atoms with Gasteiger partial charge in [0.1, 0.15) is 0 Å². The molecule has 23 heavy (non-hydrogen) atoms. The quantitative estimate of drug-likeness (QED) is 0.818. The molecule has 2 atom stereocenters. The Morgan fingerprint density at radius 2 is 2.09 bits per heavy atom. The molecule has 0 saturated carbocycles. The number of likely N-dealkylation sites (tertiary alicyclic amines) is 1. The first-order valence-electron chi connectivity index (χ1n) is 8.42. The molecular formula is C19H27NO3. The molecule has 0 spiro atoms. The summed E-state index contributed by atoms with van der Waals surface area (Å²) in [6.45, 7) is 8.58. The number of hydrogen-bond donors (Lipinski definition) is 1. The number of Topliss-reactive ketones (excluding diaryl/α,β-unsaturated/α-hetero) is 1. The third-order valence-corrected chi connectivity index (χ3v) is 4.66. The lowest BCUT2D eigenvalue weighted by molar-refractivity contribution is -0.137. The molecule has 1 saturated heterocycles. The molecule has 1 aromatic rings. The fraction of sp³-hybridized carbons (Fsp3) is 0.579. The summed E-state index contributed by atoms with van der Waals surface area (Å²) in [5.74, 6) is -0.800. The third kappa shape index (κ3) is 4.90. The number of carbonyl (C=O) groups excluding carboxylic acids is 1. The Morgan fingerprint density at radius 3 is 2.70 bits per heavy atom. The zero-order valence-corrected chi connectivity index (χ0v) is 14.3. The van der Waals surface area contributed by atoms with Crippen molar-refractivity contribution < 1.29 is 14.7 Å². The highest BCUT2D eigenvalue weighted by Gasteiger charge is 2.28. The van der Waals surface area contributed by atoms with E-state index in [-0.39, 0.29) is 12.2 Å². The standard InChI is InChI=1S/C19H27NO3/c1-13-6-7-17(15(3)9-13)19(23)16(10-18(21)22)12-20-8-4-5-14(2)11-20/h6-7,9,14,16H,4-5,8,10-12H2,1-3H3,(H,21,22). The average molecular weight is 317 g/mol. The molecule has 0 bridgehead atoms.